The SMILES string of the molecule is C(=C\C1C2CC3C(C2)C13)/c1ccccc1OCCN1CCCC1. The molecule has 0 radical (unpaired) electrons. The van der Waals surface area contributed by atoms with Crippen LogP contribution in [0.25, 0.3) is 6.08 Å². The summed E-state index contributed by atoms with van der Waals surface area (Å²) in [7, 11) is 0. The van der Waals surface area contributed by atoms with Crippen molar-refractivity contribution in [3.05, 3.63) is 35.9 Å². The third kappa shape index (κ3) is 2.52. The third-order valence-corrected chi connectivity index (χ3v) is 6.82. The first kappa shape index (κ1) is 14.1. The average Bonchev–Trinajstić information content (AvgIpc) is 3.11. The predicted molar refractivity (Wildman–Crippen MR) is 93.3 cm³/mol. The standard InChI is InChI=1S/C21H27NO/c1-2-6-20(23-12-11-22-9-3-4-10-22)15(5-1)7-8-17-16-13-18-19(14-16)21(17)18/h1-2,5-8,16-19,21H,3-4,9-14H2/b8-7+. The van der Waals surface area contributed by atoms with Crippen LogP contribution in [0.15, 0.2) is 30.3 Å². The Kier molecular flexibility index (Phi) is 3.47. The normalized spacial score (nSPS) is 37.8. The summed E-state index contributed by atoms with van der Waals surface area (Å²) in [6.45, 7) is 4.37. The minimum absolute atomic E-state index is 0.809. The largest absolute Gasteiger partial charge is 0.492 e. The molecule has 4 aliphatic carbocycles. The average molecular weight is 309 g/mol. The molecule has 1 heterocycles. The van der Waals surface area contributed by atoms with E-state index in [1.54, 1.807) is 0 Å². The summed E-state index contributed by atoms with van der Waals surface area (Å²) in [6.07, 6.45) is 10.6. The maximum Gasteiger partial charge on any atom is 0.126 e. The van der Waals surface area contributed by atoms with Crippen molar-refractivity contribution in [2.24, 2.45) is 29.6 Å². The van der Waals surface area contributed by atoms with Gasteiger partial charge in [-0.25, -0.2) is 0 Å². The predicted octanol–water partition coefficient (Wildman–Crippen LogP) is 4.08. The highest BCUT2D eigenvalue weighted by Crippen LogP contribution is 2.73. The van der Waals surface area contributed by atoms with E-state index in [4.69, 9.17) is 4.74 Å². The quantitative estimate of drug-likeness (QED) is 0.785. The third-order valence-electron chi connectivity index (χ3n) is 6.82. The molecular formula is C21H27NO. The molecule has 3 unspecified atom stereocenters. The highest BCUT2D eigenvalue weighted by Gasteiger charge is 2.67. The highest BCUT2D eigenvalue weighted by molar-refractivity contribution is 5.57. The van der Waals surface area contributed by atoms with Gasteiger partial charge in [0.15, 0.2) is 0 Å². The summed E-state index contributed by atoms with van der Waals surface area (Å²) in [5.74, 6) is 6.15. The van der Waals surface area contributed by atoms with Crippen LogP contribution in [0.2, 0.25) is 0 Å². The van der Waals surface area contributed by atoms with Crippen molar-refractivity contribution in [2.75, 3.05) is 26.2 Å². The summed E-state index contributed by atoms with van der Waals surface area (Å²) in [5.41, 5.74) is 1.26. The Balaban J connectivity index is 1.22. The van der Waals surface area contributed by atoms with Gasteiger partial charge in [-0.2, -0.15) is 0 Å². The van der Waals surface area contributed by atoms with Crippen molar-refractivity contribution in [3.8, 4) is 5.75 Å². The van der Waals surface area contributed by atoms with Gasteiger partial charge < -0.3 is 4.74 Å². The number of rotatable bonds is 6. The fraction of sp³-hybridized carbons (Fsp3) is 0.619. The van der Waals surface area contributed by atoms with E-state index in [-0.39, 0.29) is 0 Å². The van der Waals surface area contributed by atoms with E-state index in [1.807, 2.05) is 0 Å². The van der Waals surface area contributed by atoms with Gasteiger partial charge in [-0.05, 0) is 74.4 Å². The van der Waals surface area contributed by atoms with Gasteiger partial charge in [-0.3, -0.25) is 4.90 Å². The molecule has 0 amide bonds. The Hall–Kier alpha value is -1.28. The molecule has 0 N–H and O–H groups in total. The molecule has 5 fully saturated rings. The number of likely N-dealkylation sites (tertiary alicyclic amines) is 1. The molecule has 4 bridgehead atoms. The van der Waals surface area contributed by atoms with Crippen molar-refractivity contribution in [1.29, 1.82) is 0 Å². The van der Waals surface area contributed by atoms with E-state index in [0.717, 1.165) is 48.5 Å². The number of nitrogens with zero attached hydrogens (tertiary/aromatic N) is 1. The lowest BCUT2D eigenvalue weighted by molar-refractivity contribution is 0.237. The molecule has 1 aliphatic heterocycles. The number of hydrogen-bond acceptors (Lipinski definition) is 2. The minimum Gasteiger partial charge on any atom is -0.492 e. The highest BCUT2D eigenvalue weighted by atomic mass is 16.5. The van der Waals surface area contributed by atoms with Gasteiger partial charge in [0, 0.05) is 12.1 Å². The van der Waals surface area contributed by atoms with Gasteiger partial charge in [0.25, 0.3) is 0 Å². The zero-order valence-corrected chi connectivity index (χ0v) is 13.9. The lowest BCUT2D eigenvalue weighted by atomic mass is 9.97. The van der Waals surface area contributed by atoms with E-state index >= 15 is 0 Å². The lowest BCUT2D eigenvalue weighted by Gasteiger charge is -2.16. The van der Waals surface area contributed by atoms with Crippen molar-refractivity contribution in [1.82, 2.24) is 4.90 Å². The first-order valence-corrected chi connectivity index (χ1v) is 9.52. The molecule has 0 spiro atoms. The second-order valence-corrected chi connectivity index (χ2v) is 8.01. The van der Waals surface area contributed by atoms with Gasteiger partial charge in [0.2, 0.25) is 0 Å². The van der Waals surface area contributed by atoms with Gasteiger partial charge in [0.1, 0.15) is 12.4 Å². The number of benzene rings is 1. The van der Waals surface area contributed by atoms with Crippen molar-refractivity contribution in [2.45, 2.75) is 25.7 Å². The van der Waals surface area contributed by atoms with Crippen molar-refractivity contribution < 1.29 is 4.74 Å². The maximum absolute atomic E-state index is 6.10. The summed E-state index contributed by atoms with van der Waals surface area (Å²) >= 11 is 0. The van der Waals surface area contributed by atoms with E-state index in [2.05, 4.69) is 41.3 Å². The Labute approximate surface area is 139 Å². The lowest BCUT2D eigenvalue weighted by Crippen LogP contribution is -2.25. The van der Waals surface area contributed by atoms with Gasteiger partial charge in [-0.15, -0.1) is 0 Å². The zero-order valence-electron chi connectivity index (χ0n) is 13.9. The molecule has 3 atom stereocenters. The van der Waals surface area contributed by atoms with E-state index in [9.17, 15) is 0 Å². The minimum atomic E-state index is 0.809. The van der Waals surface area contributed by atoms with Crippen LogP contribution in [0.4, 0.5) is 0 Å². The Bertz CT molecular complexity index is 590. The zero-order chi connectivity index (χ0) is 15.2. The second kappa shape index (κ2) is 5.66. The number of para-hydroxylation sites is 1. The molecule has 0 aromatic heterocycles. The maximum atomic E-state index is 6.10. The summed E-state index contributed by atoms with van der Waals surface area (Å²) in [6, 6.07) is 8.54. The molecule has 1 aromatic carbocycles. The first-order valence-electron chi connectivity index (χ1n) is 9.52. The van der Waals surface area contributed by atoms with Crippen LogP contribution in [-0.4, -0.2) is 31.1 Å². The van der Waals surface area contributed by atoms with Gasteiger partial charge in [-0.1, -0.05) is 30.4 Å². The summed E-state index contributed by atoms with van der Waals surface area (Å²) in [4.78, 5) is 2.51. The molecule has 1 aromatic rings. The summed E-state index contributed by atoms with van der Waals surface area (Å²) in [5, 5.41) is 0. The topological polar surface area (TPSA) is 12.5 Å². The number of allylic oxidation sites excluding steroid dienone is 1. The number of ether oxygens (including phenoxy) is 1. The van der Waals surface area contributed by atoms with Crippen molar-refractivity contribution in [3.63, 3.8) is 0 Å². The van der Waals surface area contributed by atoms with Crippen LogP contribution < -0.4 is 4.74 Å². The fourth-order valence-electron chi connectivity index (χ4n) is 5.67. The molecule has 2 heteroatoms. The van der Waals surface area contributed by atoms with Crippen LogP contribution in [0.3, 0.4) is 0 Å². The molecule has 1 saturated heterocycles. The number of hydrogen-bond donors (Lipinski definition) is 0. The molecule has 2 nitrogen and oxygen atoms in total. The molecule has 23 heavy (non-hydrogen) atoms. The van der Waals surface area contributed by atoms with Crippen LogP contribution in [-0.2, 0) is 0 Å². The van der Waals surface area contributed by atoms with Gasteiger partial charge in [0.05, 0.1) is 0 Å². The first-order chi connectivity index (χ1) is 11.4. The Morgan fingerprint density at radius 2 is 1.87 bits per heavy atom. The van der Waals surface area contributed by atoms with Crippen molar-refractivity contribution >= 4 is 6.08 Å². The van der Waals surface area contributed by atoms with Crippen LogP contribution in [0, 0.1) is 29.6 Å². The van der Waals surface area contributed by atoms with E-state index in [0.29, 0.717) is 0 Å². The fourth-order valence-corrected chi connectivity index (χ4v) is 5.67. The monoisotopic (exact) mass is 309 g/mol. The Morgan fingerprint density at radius 1 is 1.09 bits per heavy atom. The van der Waals surface area contributed by atoms with E-state index in [1.165, 1.54) is 44.3 Å². The Morgan fingerprint density at radius 3 is 2.61 bits per heavy atom. The molecular weight excluding hydrogens is 282 g/mol. The smallest absolute Gasteiger partial charge is 0.126 e. The second-order valence-electron chi connectivity index (χ2n) is 8.01. The molecule has 4 saturated carbocycles. The molecule has 6 rings (SSSR count). The van der Waals surface area contributed by atoms with E-state index < -0.39 is 0 Å². The molecule has 122 valence electrons. The van der Waals surface area contributed by atoms with Gasteiger partial charge >= 0.3 is 0 Å². The van der Waals surface area contributed by atoms with Crippen LogP contribution in [0.5, 0.6) is 5.75 Å². The summed E-state index contributed by atoms with van der Waals surface area (Å²) < 4.78 is 6.10. The molecule has 5 aliphatic rings. The van der Waals surface area contributed by atoms with Crippen LogP contribution >= 0.6 is 0 Å². The van der Waals surface area contributed by atoms with Crippen LogP contribution in [0.1, 0.15) is 31.2 Å².